The number of aromatic amines is 1. The number of aliphatic hydroxyl groups is 1. The van der Waals surface area contributed by atoms with Crippen LogP contribution in [-0.4, -0.2) is 39.0 Å². The molecule has 0 fully saturated rings. The van der Waals surface area contributed by atoms with Crippen molar-refractivity contribution in [3.8, 4) is 11.4 Å². The minimum absolute atomic E-state index is 0.158. The van der Waals surface area contributed by atoms with Crippen LogP contribution in [0.3, 0.4) is 0 Å². The second-order valence-corrected chi connectivity index (χ2v) is 7.20. The smallest absolute Gasteiger partial charge is 0.315 e. The van der Waals surface area contributed by atoms with E-state index in [0.29, 0.717) is 25.3 Å². The normalized spacial score (nSPS) is 12.7. The van der Waals surface area contributed by atoms with E-state index in [4.69, 9.17) is 0 Å². The highest BCUT2D eigenvalue weighted by atomic mass is 16.3. The van der Waals surface area contributed by atoms with Crippen molar-refractivity contribution in [2.75, 3.05) is 6.54 Å². The third-order valence-electron chi connectivity index (χ3n) is 3.81. The summed E-state index contributed by atoms with van der Waals surface area (Å²) in [6, 6.07) is 7.53. The highest BCUT2D eigenvalue weighted by Gasteiger charge is 2.21. The SMILES string of the molecule is Cc1nc(-c2cccc(CNC(=O)NCC(C)(C)CC(C)O)c2)n[nH]1. The summed E-state index contributed by atoms with van der Waals surface area (Å²) < 4.78 is 0. The molecule has 4 N–H and O–H groups in total. The van der Waals surface area contributed by atoms with Crippen LogP contribution < -0.4 is 10.6 Å². The van der Waals surface area contributed by atoms with Crippen molar-refractivity contribution in [3.05, 3.63) is 35.7 Å². The molecule has 2 amide bonds. The zero-order valence-corrected chi connectivity index (χ0v) is 15.3. The first-order valence-electron chi connectivity index (χ1n) is 8.43. The van der Waals surface area contributed by atoms with Crippen LogP contribution in [0.15, 0.2) is 24.3 Å². The second kappa shape index (κ2) is 8.11. The molecule has 0 bridgehead atoms. The highest BCUT2D eigenvalue weighted by molar-refractivity contribution is 5.73. The molecule has 2 rings (SSSR count). The van der Waals surface area contributed by atoms with E-state index in [9.17, 15) is 9.90 Å². The molecule has 1 unspecified atom stereocenters. The summed E-state index contributed by atoms with van der Waals surface area (Å²) in [7, 11) is 0. The Kier molecular flexibility index (Phi) is 6.14. The summed E-state index contributed by atoms with van der Waals surface area (Å²) in [6.45, 7) is 8.56. The fourth-order valence-electron chi connectivity index (χ4n) is 2.73. The van der Waals surface area contributed by atoms with E-state index < -0.39 is 0 Å². The van der Waals surface area contributed by atoms with E-state index in [0.717, 1.165) is 17.0 Å². The number of carbonyl (C=O) groups is 1. The van der Waals surface area contributed by atoms with Crippen LogP contribution >= 0.6 is 0 Å². The van der Waals surface area contributed by atoms with E-state index in [1.807, 2.05) is 45.0 Å². The van der Waals surface area contributed by atoms with E-state index >= 15 is 0 Å². The number of benzene rings is 1. The zero-order valence-electron chi connectivity index (χ0n) is 15.3. The molecule has 0 aliphatic rings. The number of nitrogens with zero attached hydrogens (tertiary/aromatic N) is 2. The number of aryl methyl sites for hydroxylation is 1. The minimum Gasteiger partial charge on any atom is -0.393 e. The van der Waals surface area contributed by atoms with E-state index in [-0.39, 0.29) is 17.6 Å². The second-order valence-electron chi connectivity index (χ2n) is 7.20. The lowest BCUT2D eigenvalue weighted by molar-refractivity contribution is 0.129. The van der Waals surface area contributed by atoms with E-state index in [1.54, 1.807) is 6.92 Å². The van der Waals surface area contributed by atoms with Gasteiger partial charge in [-0.05, 0) is 37.3 Å². The number of nitrogens with one attached hydrogen (secondary N) is 3. The van der Waals surface area contributed by atoms with Crippen LogP contribution in [0, 0.1) is 12.3 Å². The van der Waals surface area contributed by atoms with Crippen molar-refractivity contribution < 1.29 is 9.90 Å². The van der Waals surface area contributed by atoms with E-state index in [2.05, 4.69) is 25.8 Å². The van der Waals surface area contributed by atoms with Crippen molar-refractivity contribution in [1.82, 2.24) is 25.8 Å². The first-order valence-corrected chi connectivity index (χ1v) is 8.43. The summed E-state index contributed by atoms with van der Waals surface area (Å²) >= 11 is 0. The fourth-order valence-corrected chi connectivity index (χ4v) is 2.73. The lowest BCUT2D eigenvalue weighted by Crippen LogP contribution is -2.41. The Balaban J connectivity index is 1.86. The van der Waals surface area contributed by atoms with Crippen LogP contribution in [0.1, 0.15) is 38.6 Å². The van der Waals surface area contributed by atoms with Gasteiger partial charge in [-0.1, -0.05) is 32.0 Å². The molecule has 1 atom stereocenters. The molecule has 0 aliphatic carbocycles. The molecule has 0 saturated heterocycles. The van der Waals surface area contributed by atoms with Gasteiger partial charge >= 0.3 is 6.03 Å². The van der Waals surface area contributed by atoms with Crippen LogP contribution in [0.2, 0.25) is 0 Å². The van der Waals surface area contributed by atoms with Crippen LogP contribution in [0.4, 0.5) is 4.79 Å². The van der Waals surface area contributed by atoms with Gasteiger partial charge in [0.2, 0.25) is 0 Å². The molecule has 0 saturated carbocycles. The van der Waals surface area contributed by atoms with E-state index in [1.165, 1.54) is 0 Å². The summed E-state index contributed by atoms with van der Waals surface area (Å²) in [4.78, 5) is 16.3. The number of aliphatic hydroxyl groups excluding tert-OH is 1. The third-order valence-corrected chi connectivity index (χ3v) is 3.81. The van der Waals surface area contributed by atoms with Gasteiger partial charge in [-0.25, -0.2) is 9.78 Å². The van der Waals surface area contributed by atoms with Crippen molar-refractivity contribution in [2.45, 2.75) is 46.8 Å². The van der Waals surface area contributed by atoms with Crippen molar-refractivity contribution in [2.24, 2.45) is 5.41 Å². The number of hydrogen-bond donors (Lipinski definition) is 4. The van der Waals surface area contributed by atoms with Gasteiger partial charge in [0.15, 0.2) is 5.82 Å². The molecule has 25 heavy (non-hydrogen) atoms. The average molecular weight is 345 g/mol. The molecule has 7 heteroatoms. The Morgan fingerprint density at radius 3 is 2.76 bits per heavy atom. The molecule has 2 aromatic rings. The number of rotatable bonds is 7. The summed E-state index contributed by atoms with van der Waals surface area (Å²) in [5.74, 6) is 1.40. The van der Waals surface area contributed by atoms with Gasteiger partial charge in [-0.2, -0.15) is 5.10 Å². The number of aromatic nitrogens is 3. The third kappa shape index (κ3) is 6.19. The first-order chi connectivity index (χ1) is 11.7. The summed E-state index contributed by atoms with van der Waals surface area (Å²) in [5, 5.41) is 22.2. The zero-order chi connectivity index (χ0) is 18.4. The van der Waals surface area contributed by atoms with Crippen molar-refractivity contribution in [1.29, 1.82) is 0 Å². The van der Waals surface area contributed by atoms with Gasteiger partial charge in [-0.3, -0.25) is 5.10 Å². The van der Waals surface area contributed by atoms with Gasteiger partial charge in [0.05, 0.1) is 6.10 Å². The molecule has 7 nitrogen and oxygen atoms in total. The quantitative estimate of drug-likeness (QED) is 0.618. The molecule has 0 radical (unpaired) electrons. The van der Waals surface area contributed by atoms with Crippen LogP contribution in [-0.2, 0) is 6.54 Å². The fraction of sp³-hybridized carbons (Fsp3) is 0.500. The molecular weight excluding hydrogens is 318 g/mol. The largest absolute Gasteiger partial charge is 0.393 e. The van der Waals surface area contributed by atoms with Crippen molar-refractivity contribution >= 4 is 6.03 Å². The number of carbonyl (C=O) groups excluding carboxylic acids is 1. The monoisotopic (exact) mass is 345 g/mol. The molecule has 0 spiro atoms. The Morgan fingerprint density at radius 1 is 1.36 bits per heavy atom. The van der Waals surface area contributed by atoms with Gasteiger partial charge in [0, 0.05) is 18.7 Å². The topological polar surface area (TPSA) is 103 Å². The molecule has 1 aromatic carbocycles. The molecular formula is C18H27N5O2. The molecule has 0 aliphatic heterocycles. The summed E-state index contributed by atoms with van der Waals surface area (Å²) in [6.07, 6.45) is 0.243. The van der Waals surface area contributed by atoms with Gasteiger partial charge < -0.3 is 15.7 Å². The summed E-state index contributed by atoms with van der Waals surface area (Å²) in [5.41, 5.74) is 1.72. The first kappa shape index (κ1) is 18.9. The number of urea groups is 1. The minimum atomic E-state index is -0.387. The van der Waals surface area contributed by atoms with Crippen molar-refractivity contribution in [3.63, 3.8) is 0 Å². The predicted molar refractivity (Wildman–Crippen MR) is 96.9 cm³/mol. The average Bonchev–Trinajstić information content (AvgIpc) is 2.97. The molecule has 1 heterocycles. The number of H-pyrrole nitrogens is 1. The Bertz CT molecular complexity index is 709. The van der Waals surface area contributed by atoms with Gasteiger partial charge in [0.1, 0.15) is 5.82 Å². The lowest BCUT2D eigenvalue weighted by atomic mass is 9.87. The Hall–Kier alpha value is -2.41. The highest BCUT2D eigenvalue weighted by Crippen LogP contribution is 2.21. The number of hydrogen-bond acceptors (Lipinski definition) is 4. The maximum Gasteiger partial charge on any atom is 0.315 e. The molecule has 136 valence electrons. The van der Waals surface area contributed by atoms with Crippen LogP contribution in [0.25, 0.3) is 11.4 Å². The number of amides is 2. The Labute approximate surface area is 148 Å². The standard InChI is InChI=1S/C18H27N5O2/c1-12(24)9-18(3,4)11-20-17(25)19-10-14-6-5-7-15(8-14)16-21-13(2)22-23-16/h5-8,12,24H,9-11H2,1-4H3,(H2,19,20,25)(H,21,22,23). The Morgan fingerprint density at radius 2 is 2.12 bits per heavy atom. The maximum atomic E-state index is 12.0. The lowest BCUT2D eigenvalue weighted by Gasteiger charge is -2.26. The van der Waals surface area contributed by atoms with Gasteiger partial charge in [0.25, 0.3) is 0 Å². The maximum absolute atomic E-state index is 12.0. The predicted octanol–water partition coefficient (Wildman–Crippen LogP) is 2.38. The van der Waals surface area contributed by atoms with Gasteiger partial charge in [-0.15, -0.1) is 0 Å². The van der Waals surface area contributed by atoms with Crippen LogP contribution in [0.5, 0.6) is 0 Å². The molecule has 1 aromatic heterocycles.